The van der Waals surface area contributed by atoms with Crippen molar-refractivity contribution in [3.05, 3.63) is 63.7 Å². The van der Waals surface area contributed by atoms with E-state index in [-0.39, 0.29) is 18.9 Å². The Morgan fingerprint density at radius 3 is 2.71 bits per heavy atom. The zero-order valence-corrected chi connectivity index (χ0v) is 11.5. The van der Waals surface area contributed by atoms with Crippen LogP contribution in [-0.2, 0) is 13.2 Å². The molecule has 0 heterocycles. The summed E-state index contributed by atoms with van der Waals surface area (Å²) in [7, 11) is 1.54. The van der Waals surface area contributed by atoms with Gasteiger partial charge >= 0.3 is 0 Å². The van der Waals surface area contributed by atoms with Crippen LogP contribution in [0.4, 0.5) is 5.69 Å². The van der Waals surface area contributed by atoms with Crippen molar-refractivity contribution in [2.24, 2.45) is 0 Å². The Morgan fingerprint density at radius 1 is 1.24 bits per heavy atom. The van der Waals surface area contributed by atoms with E-state index in [9.17, 15) is 15.2 Å². The van der Waals surface area contributed by atoms with Gasteiger partial charge in [-0.05, 0) is 23.8 Å². The third-order valence-electron chi connectivity index (χ3n) is 2.95. The Labute approximate surface area is 121 Å². The number of aliphatic hydroxyl groups is 1. The largest absolute Gasteiger partial charge is 0.497 e. The molecule has 0 unspecified atom stereocenters. The summed E-state index contributed by atoms with van der Waals surface area (Å²) in [5, 5.41) is 20.0. The fourth-order valence-electron chi connectivity index (χ4n) is 1.87. The molecule has 0 bridgehead atoms. The fraction of sp³-hybridized carbons (Fsp3) is 0.200. The Kier molecular flexibility index (Phi) is 4.73. The number of rotatable bonds is 6. The normalized spacial score (nSPS) is 10.2. The van der Waals surface area contributed by atoms with Crippen molar-refractivity contribution in [3.8, 4) is 11.5 Å². The van der Waals surface area contributed by atoms with Crippen LogP contribution in [0.1, 0.15) is 11.1 Å². The van der Waals surface area contributed by atoms with E-state index in [1.54, 1.807) is 37.4 Å². The highest BCUT2D eigenvalue weighted by Gasteiger charge is 2.08. The molecule has 0 amide bonds. The van der Waals surface area contributed by atoms with Crippen LogP contribution in [0.5, 0.6) is 11.5 Å². The molecular weight excluding hydrogens is 274 g/mol. The predicted molar refractivity (Wildman–Crippen MR) is 76.3 cm³/mol. The average Bonchev–Trinajstić information content (AvgIpc) is 2.53. The van der Waals surface area contributed by atoms with Crippen LogP contribution in [0.15, 0.2) is 42.5 Å². The maximum Gasteiger partial charge on any atom is 0.269 e. The van der Waals surface area contributed by atoms with Crippen molar-refractivity contribution in [1.29, 1.82) is 0 Å². The van der Waals surface area contributed by atoms with E-state index in [2.05, 4.69) is 0 Å². The Hall–Kier alpha value is -2.60. The van der Waals surface area contributed by atoms with Crippen LogP contribution in [0.3, 0.4) is 0 Å². The minimum atomic E-state index is -0.448. The van der Waals surface area contributed by atoms with Crippen LogP contribution in [0.25, 0.3) is 0 Å². The van der Waals surface area contributed by atoms with E-state index < -0.39 is 4.92 Å². The molecule has 1 N–H and O–H groups in total. The lowest BCUT2D eigenvalue weighted by Gasteiger charge is -2.11. The van der Waals surface area contributed by atoms with E-state index in [0.29, 0.717) is 22.6 Å². The summed E-state index contributed by atoms with van der Waals surface area (Å²) in [6, 6.07) is 11.3. The predicted octanol–water partition coefficient (Wildman–Crippen LogP) is 2.67. The summed E-state index contributed by atoms with van der Waals surface area (Å²) in [5.41, 5.74) is 1.30. The summed E-state index contributed by atoms with van der Waals surface area (Å²) in [5.74, 6) is 1.14. The van der Waals surface area contributed by atoms with Gasteiger partial charge in [-0.15, -0.1) is 0 Å². The van der Waals surface area contributed by atoms with Gasteiger partial charge in [-0.2, -0.15) is 0 Å². The first-order chi connectivity index (χ1) is 10.1. The van der Waals surface area contributed by atoms with Gasteiger partial charge in [0, 0.05) is 17.7 Å². The monoisotopic (exact) mass is 289 g/mol. The van der Waals surface area contributed by atoms with E-state index in [1.165, 1.54) is 12.1 Å². The molecule has 2 aromatic carbocycles. The number of nitro benzene ring substituents is 1. The molecule has 2 rings (SSSR count). The van der Waals surface area contributed by atoms with Crippen molar-refractivity contribution in [2.45, 2.75) is 13.2 Å². The van der Waals surface area contributed by atoms with E-state index >= 15 is 0 Å². The zero-order chi connectivity index (χ0) is 15.2. The van der Waals surface area contributed by atoms with Gasteiger partial charge in [-0.1, -0.05) is 12.1 Å². The smallest absolute Gasteiger partial charge is 0.269 e. The number of nitro groups is 1. The minimum Gasteiger partial charge on any atom is -0.497 e. The average molecular weight is 289 g/mol. The van der Waals surface area contributed by atoms with Gasteiger partial charge in [-0.3, -0.25) is 10.1 Å². The second kappa shape index (κ2) is 6.71. The number of benzene rings is 2. The summed E-state index contributed by atoms with van der Waals surface area (Å²) in [6.07, 6.45) is 0. The number of hydrogen-bond donors (Lipinski definition) is 1. The molecule has 0 aliphatic rings. The van der Waals surface area contributed by atoms with Gasteiger partial charge in [0.25, 0.3) is 5.69 Å². The number of hydrogen-bond acceptors (Lipinski definition) is 5. The summed E-state index contributed by atoms with van der Waals surface area (Å²) in [4.78, 5) is 10.3. The highest BCUT2D eigenvalue weighted by atomic mass is 16.6. The lowest BCUT2D eigenvalue weighted by atomic mass is 10.2. The highest BCUT2D eigenvalue weighted by Crippen LogP contribution is 2.25. The minimum absolute atomic E-state index is 0.0215. The third kappa shape index (κ3) is 3.70. The molecule has 0 radical (unpaired) electrons. The molecule has 6 nitrogen and oxygen atoms in total. The molecule has 0 aliphatic carbocycles. The van der Waals surface area contributed by atoms with E-state index in [1.807, 2.05) is 0 Å². The first-order valence-electron chi connectivity index (χ1n) is 6.28. The molecule has 110 valence electrons. The summed E-state index contributed by atoms with van der Waals surface area (Å²) >= 11 is 0. The van der Waals surface area contributed by atoms with Gasteiger partial charge in [-0.25, -0.2) is 0 Å². The maximum absolute atomic E-state index is 10.7. The fourth-order valence-corrected chi connectivity index (χ4v) is 1.87. The number of methoxy groups -OCH3 is 1. The topological polar surface area (TPSA) is 81.8 Å². The summed E-state index contributed by atoms with van der Waals surface area (Å²) < 4.78 is 10.7. The van der Waals surface area contributed by atoms with Crippen molar-refractivity contribution in [3.63, 3.8) is 0 Å². The molecule has 0 atom stereocenters. The van der Waals surface area contributed by atoms with Crippen LogP contribution >= 0.6 is 0 Å². The van der Waals surface area contributed by atoms with Crippen molar-refractivity contribution in [2.75, 3.05) is 7.11 Å². The number of aliphatic hydroxyl groups excluding tert-OH is 1. The van der Waals surface area contributed by atoms with Gasteiger partial charge in [0.1, 0.15) is 18.1 Å². The van der Waals surface area contributed by atoms with Crippen LogP contribution in [-0.4, -0.2) is 17.1 Å². The number of nitrogens with zero attached hydrogens (tertiary/aromatic N) is 1. The van der Waals surface area contributed by atoms with Gasteiger partial charge in [0.05, 0.1) is 18.6 Å². The second-order valence-corrected chi connectivity index (χ2v) is 4.35. The maximum atomic E-state index is 10.7. The number of non-ortho nitro benzene ring substituents is 1. The molecule has 0 aromatic heterocycles. The van der Waals surface area contributed by atoms with Crippen molar-refractivity contribution < 1.29 is 19.5 Å². The Balaban J connectivity index is 2.12. The lowest BCUT2D eigenvalue weighted by Crippen LogP contribution is -2.00. The molecule has 0 aliphatic heterocycles. The molecule has 0 saturated heterocycles. The Bertz CT molecular complexity index is 642. The third-order valence-corrected chi connectivity index (χ3v) is 2.95. The van der Waals surface area contributed by atoms with Crippen molar-refractivity contribution in [1.82, 2.24) is 0 Å². The molecule has 6 heteroatoms. The van der Waals surface area contributed by atoms with Crippen LogP contribution in [0, 0.1) is 10.1 Å². The molecule has 0 saturated carbocycles. The summed E-state index contributed by atoms with van der Waals surface area (Å²) in [6.45, 7) is 0.00246. The zero-order valence-electron chi connectivity index (χ0n) is 11.5. The van der Waals surface area contributed by atoms with Gasteiger partial charge < -0.3 is 14.6 Å². The lowest BCUT2D eigenvalue weighted by molar-refractivity contribution is -0.384. The first-order valence-corrected chi connectivity index (χ1v) is 6.28. The SMILES string of the molecule is COc1ccc(OCc2cccc([N+](=O)[O-])c2)c(CO)c1. The van der Waals surface area contributed by atoms with Crippen LogP contribution in [0.2, 0.25) is 0 Å². The van der Waals surface area contributed by atoms with Crippen molar-refractivity contribution >= 4 is 5.69 Å². The molecule has 0 fully saturated rings. The first kappa shape index (κ1) is 14.8. The quantitative estimate of drug-likeness (QED) is 0.653. The van der Waals surface area contributed by atoms with Gasteiger partial charge in [0.15, 0.2) is 0 Å². The van der Waals surface area contributed by atoms with Crippen LogP contribution < -0.4 is 9.47 Å². The molecule has 2 aromatic rings. The second-order valence-electron chi connectivity index (χ2n) is 4.35. The molecule has 0 spiro atoms. The van der Waals surface area contributed by atoms with E-state index in [0.717, 1.165) is 0 Å². The molecule has 21 heavy (non-hydrogen) atoms. The Morgan fingerprint density at radius 2 is 2.05 bits per heavy atom. The standard InChI is InChI=1S/C15H15NO5/c1-20-14-5-6-15(12(8-14)9-17)21-10-11-3-2-4-13(7-11)16(18)19/h2-8,17H,9-10H2,1H3. The number of ether oxygens (including phenoxy) is 2. The van der Waals surface area contributed by atoms with E-state index in [4.69, 9.17) is 9.47 Å². The highest BCUT2D eigenvalue weighted by molar-refractivity contribution is 5.40. The molecular formula is C15H15NO5. The van der Waals surface area contributed by atoms with Gasteiger partial charge in [0.2, 0.25) is 0 Å².